The molecular weight excluding hydrogens is 360 g/mol. The monoisotopic (exact) mass is 376 g/mol. The van der Waals surface area contributed by atoms with Crippen LogP contribution in [0.4, 0.5) is 0 Å². The van der Waals surface area contributed by atoms with E-state index in [1.165, 1.54) is 30.3 Å². The van der Waals surface area contributed by atoms with Crippen LogP contribution >= 0.6 is 0 Å². The lowest BCUT2D eigenvalue weighted by atomic mass is 10.1. The number of Topliss-reactive ketones (excluding diaryl/α,β-unsaturated/α-hetero) is 1. The minimum Gasteiger partial charge on any atom is -0.486 e. The summed E-state index contributed by atoms with van der Waals surface area (Å²) in [5.74, 6) is -0.160. The molecule has 2 aromatic carbocycles. The van der Waals surface area contributed by atoms with E-state index in [2.05, 4.69) is 0 Å². The molecule has 1 heterocycles. The molecule has 7 nitrogen and oxygen atoms in total. The van der Waals surface area contributed by atoms with Crippen molar-refractivity contribution in [2.75, 3.05) is 26.1 Å². The van der Waals surface area contributed by atoms with Crippen molar-refractivity contribution in [3.8, 4) is 11.5 Å². The number of esters is 1. The summed E-state index contributed by atoms with van der Waals surface area (Å²) in [6.45, 7) is 0.377. The first-order valence-electron chi connectivity index (χ1n) is 7.75. The summed E-state index contributed by atoms with van der Waals surface area (Å²) in [4.78, 5) is 24.3. The summed E-state index contributed by atoms with van der Waals surface area (Å²) in [7, 11) is -3.44. The summed E-state index contributed by atoms with van der Waals surface area (Å²) in [5.41, 5.74) is 0.384. The van der Waals surface area contributed by atoms with Crippen LogP contribution in [0.5, 0.6) is 11.5 Å². The van der Waals surface area contributed by atoms with Crippen molar-refractivity contribution in [1.82, 2.24) is 0 Å². The highest BCUT2D eigenvalue weighted by Gasteiger charge is 2.17. The topological polar surface area (TPSA) is 96.0 Å². The zero-order valence-electron chi connectivity index (χ0n) is 13.9. The third-order valence-corrected chi connectivity index (χ3v) is 4.81. The summed E-state index contributed by atoms with van der Waals surface area (Å²) in [5, 5.41) is 0. The molecule has 0 unspecified atom stereocenters. The minimum atomic E-state index is -3.44. The zero-order valence-corrected chi connectivity index (χ0v) is 14.7. The first-order valence-corrected chi connectivity index (χ1v) is 9.64. The van der Waals surface area contributed by atoms with Crippen LogP contribution in [0, 0.1) is 0 Å². The first kappa shape index (κ1) is 17.9. The number of ketones is 1. The van der Waals surface area contributed by atoms with Crippen LogP contribution in [0.25, 0.3) is 0 Å². The maximum Gasteiger partial charge on any atom is 0.338 e. The molecule has 0 saturated heterocycles. The van der Waals surface area contributed by atoms with E-state index in [9.17, 15) is 18.0 Å². The van der Waals surface area contributed by atoms with Crippen molar-refractivity contribution in [1.29, 1.82) is 0 Å². The van der Waals surface area contributed by atoms with E-state index >= 15 is 0 Å². The predicted octanol–water partition coefficient (Wildman–Crippen LogP) is 1.90. The van der Waals surface area contributed by atoms with Gasteiger partial charge in [-0.3, -0.25) is 4.79 Å². The van der Waals surface area contributed by atoms with Crippen molar-refractivity contribution in [3.63, 3.8) is 0 Å². The Balaban J connectivity index is 1.67. The van der Waals surface area contributed by atoms with Gasteiger partial charge >= 0.3 is 5.97 Å². The van der Waals surface area contributed by atoms with E-state index in [4.69, 9.17) is 14.2 Å². The van der Waals surface area contributed by atoms with E-state index < -0.39 is 28.2 Å². The fraction of sp³-hybridized carbons (Fsp3) is 0.222. The minimum absolute atomic E-state index is 0.00473. The Kier molecular flexibility index (Phi) is 4.94. The molecule has 3 rings (SSSR count). The van der Waals surface area contributed by atoms with Crippen LogP contribution in [0.3, 0.4) is 0 Å². The summed E-state index contributed by atoms with van der Waals surface area (Å²) in [6, 6.07) is 10.2. The highest BCUT2D eigenvalue weighted by Crippen LogP contribution is 2.30. The third-order valence-electron chi connectivity index (χ3n) is 3.70. The smallest absolute Gasteiger partial charge is 0.338 e. The Morgan fingerprint density at radius 2 is 1.73 bits per heavy atom. The maximum atomic E-state index is 12.2. The highest BCUT2D eigenvalue weighted by molar-refractivity contribution is 7.90. The van der Waals surface area contributed by atoms with E-state index in [1.807, 2.05) is 0 Å². The van der Waals surface area contributed by atoms with Crippen LogP contribution in [-0.4, -0.2) is 46.2 Å². The molecule has 26 heavy (non-hydrogen) atoms. The van der Waals surface area contributed by atoms with Gasteiger partial charge in [0, 0.05) is 11.8 Å². The SMILES string of the molecule is CS(=O)(=O)c1cccc(C(=O)OCC(=O)c2ccc3c(c2)OCCO3)c1. The molecule has 0 radical (unpaired) electrons. The molecule has 0 aromatic heterocycles. The van der Waals surface area contributed by atoms with Crippen molar-refractivity contribution in [2.45, 2.75) is 4.90 Å². The van der Waals surface area contributed by atoms with E-state index in [0.29, 0.717) is 30.3 Å². The average molecular weight is 376 g/mol. The van der Waals surface area contributed by atoms with Gasteiger partial charge in [-0.15, -0.1) is 0 Å². The summed E-state index contributed by atoms with van der Waals surface area (Å²) in [6.07, 6.45) is 1.04. The van der Waals surface area contributed by atoms with Crippen molar-refractivity contribution < 1.29 is 32.2 Å². The Morgan fingerprint density at radius 3 is 2.46 bits per heavy atom. The number of ether oxygens (including phenoxy) is 3. The molecule has 1 aliphatic heterocycles. The van der Waals surface area contributed by atoms with Gasteiger partial charge in [0.2, 0.25) is 0 Å². The number of benzene rings is 2. The molecule has 136 valence electrons. The van der Waals surface area contributed by atoms with Crippen LogP contribution in [0.2, 0.25) is 0 Å². The Labute approximate surface area is 150 Å². The Bertz CT molecular complexity index is 963. The molecule has 8 heteroatoms. The molecule has 0 bridgehead atoms. The van der Waals surface area contributed by atoms with Gasteiger partial charge in [0.05, 0.1) is 10.5 Å². The number of sulfone groups is 1. The fourth-order valence-electron chi connectivity index (χ4n) is 2.37. The van der Waals surface area contributed by atoms with Gasteiger partial charge in [-0.2, -0.15) is 0 Å². The number of hydrogen-bond donors (Lipinski definition) is 0. The Morgan fingerprint density at radius 1 is 1.00 bits per heavy atom. The van der Waals surface area contributed by atoms with E-state index in [-0.39, 0.29) is 10.5 Å². The van der Waals surface area contributed by atoms with Crippen molar-refractivity contribution in [3.05, 3.63) is 53.6 Å². The second kappa shape index (κ2) is 7.17. The number of rotatable bonds is 5. The number of carbonyl (C=O) groups is 2. The highest BCUT2D eigenvalue weighted by atomic mass is 32.2. The standard InChI is InChI=1S/C18H16O7S/c1-26(21,22)14-4-2-3-13(9-14)18(20)25-11-15(19)12-5-6-16-17(10-12)24-8-7-23-16/h2-6,9-10H,7-8,11H2,1H3. The second-order valence-electron chi connectivity index (χ2n) is 5.66. The molecule has 0 spiro atoms. The molecule has 0 fully saturated rings. The van der Waals surface area contributed by atoms with Crippen LogP contribution < -0.4 is 9.47 Å². The maximum absolute atomic E-state index is 12.2. The molecule has 0 amide bonds. The summed E-state index contributed by atoms with van der Waals surface area (Å²) < 4.78 is 38.9. The van der Waals surface area contributed by atoms with Gasteiger partial charge in [-0.25, -0.2) is 13.2 Å². The zero-order chi connectivity index (χ0) is 18.7. The van der Waals surface area contributed by atoms with Crippen LogP contribution in [0.15, 0.2) is 47.4 Å². The van der Waals surface area contributed by atoms with Gasteiger partial charge in [0.25, 0.3) is 0 Å². The molecule has 0 atom stereocenters. The van der Waals surface area contributed by atoms with Gasteiger partial charge in [-0.05, 0) is 36.4 Å². The molecule has 0 N–H and O–H groups in total. The molecular formula is C18H16O7S. The van der Waals surface area contributed by atoms with Crippen LogP contribution in [0.1, 0.15) is 20.7 Å². The molecule has 0 saturated carbocycles. The fourth-order valence-corrected chi connectivity index (χ4v) is 3.04. The molecule has 1 aliphatic rings. The lowest BCUT2D eigenvalue weighted by molar-refractivity contribution is 0.0474. The van der Waals surface area contributed by atoms with Crippen molar-refractivity contribution >= 4 is 21.6 Å². The van der Waals surface area contributed by atoms with Gasteiger partial charge in [0.1, 0.15) is 13.2 Å². The largest absolute Gasteiger partial charge is 0.486 e. The Hall–Kier alpha value is -2.87. The molecule has 2 aromatic rings. The van der Waals surface area contributed by atoms with Gasteiger partial charge in [0.15, 0.2) is 33.7 Å². The second-order valence-corrected chi connectivity index (χ2v) is 7.67. The van der Waals surface area contributed by atoms with Crippen molar-refractivity contribution in [2.24, 2.45) is 0 Å². The lowest BCUT2D eigenvalue weighted by Crippen LogP contribution is -2.17. The number of hydrogen-bond acceptors (Lipinski definition) is 7. The quantitative estimate of drug-likeness (QED) is 0.581. The van der Waals surface area contributed by atoms with E-state index in [1.54, 1.807) is 12.1 Å². The van der Waals surface area contributed by atoms with Gasteiger partial charge < -0.3 is 14.2 Å². The number of fused-ring (bicyclic) bond motifs is 1. The van der Waals surface area contributed by atoms with E-state index in [0.717, 1.165) is 6.26 Å². The lowest BCUT2D eigenvalue weighted by Gasteiger charge is -2.18. The predicted molar refractivity (Wildman–Crippen MR) is 91.6 cm³/mol. The molecule has 0 aliphatic carbocycles. The first-order chi connectivity index (χ1) is 12.3. The van der Waals surface area contributed by atoms with Crippen LogP contribution in [-0.2, 0) is 14.6 Å². The summed E-state index contributed by atoms with van der Waals surface area (Å²) >= 11 is 0. The van der Waals surface area contributed by atoms with Gasteiger partial charge in [-0.1, -0.05) is 6.07 Å². The third kappa shape index (κ3) is 4.02. The number of carbonyl (C=O) groups excluding carboxylic acids is 2. The average Bonchev–Trinajstić information content (AvgIpc) is 2.64. The normalized spacial score (nSPS) is 13.1.